The minimum absolute atomic E-state index is 0.150. The number of hydrogen-bond acceptors (Lipinski definition) is 0. The van der Waals surface area contributed by atoms with Gasteiger partial charge in [-0.2, -0.15) is 52.7 Å². The maximum absolute atomic E-state index is 14.1. The molecule has 0 atom stereocenters. The van der Waals surface area contributed by atoms with Gasteiger partial charge in [-0.05, 0) is 64.2 Å². The highest BCUT2D eigenvalue weighted by Crippen LogP contribution is 2.49. The van der Waals surface area contributed by atoms with E-state index in [0.29, 0.717) is 30.3 Å². The van der Waals surface area contributed by atoms with Crippen LogP contribution in [0.4, 0.5) is 57.1 Å². The van der Waals surface area contributed by atoms with Gasteiger partial charge < -0.3 is 0 Å². The van der Waals surface area contributed by atoms with Gasteiger partial charge in [-0.3, -0.25) is 0 Å². The van der Waals surface area contributed by atoms with Crippen molar-refractivity contribution < 1.29 is 57.1 Å². The Morgan fingerprint density at radius 1 is 0.390 bits per heavy atom. The van der Waals surface area contributed by atoms with Gasteiger partial charge in [0.25, 0.3) is 0 Å². The molecule has 0 amide bonds. The van der Waals surface area contributed by atoms with Gasteiger partial charge in [-0.25, -0.2) is 4.39 Å². The van der Waals surface area contributed by atoms with Crippen LogP contribution in [0.5, 0.6) is 0 Å². The fourth-order valence-corrected chi connectivity index (χ4v) is 4.46. The van der Waals surface area contributed by atoms with Crippen molar-refractivity contribution in [1.29, 1.82) is 0 Å². The van der Waals surface area contributed by atoms with Gasteiger partial charge in [0.2, 0.25) is 0 Å². The summed E-state index contributed by atoms with van der Waals surface area (Å²) in [6, 6.07) is 8.03. The van der Waals surface area contributed by atoms with E-state index in [1.165, 1.54) is 0 Å². The van der Waals surface area contributed by atoms with Crippen molar-refractivity contribution in [3.63, 3.8) is 0 Å². The van der Waals surface area contributed by atoms with Crippen LogP contribution in [0, 0.1) is 5.82 Å². The van der Waals surface area contributed by atoms with Crippen LogP contribution >= 0.6 is 0 Å². The number of halogens is 13. The van der Waals surface area contributed by atoms with E-state index >= 15 is 0 Å². The molecule has 216 valence electrons. The van der Waals surface area contributed by atoms with Gasteiger partial charge in [-0.1, -0.05) is 42.5 Å². The molecule has 4 rings (SSSR count). The summed E-state index contributed by atoms with van der Waals surface area (Å²) in [5.41, 5.74) is -12.2. The average molecular weight is 596 g/mol. The molecule has 0 spiro atoms. The van der Waals surface area contributed by atoms with Crippen molar-refractivity contribution in [1.82, 2.24) is 0 Å². The van der Waals surface area contributed by atoms with Crippen molar-refractivity contribution in [3.05, 3.63) is 107 Å². The zero-order valence-corrected chi connectivity index (χ0v) is 19.9. The van der Waals surface area contributed by atoms with Crippen LogP contribution in [0.25, 0.3) is 33.4 Å². The smallest absolute Gasteiger partial charge is 0.207 e. The summed E-state index contributed by atoms with van der Waals surface area (Å²) < 4.78 is 180. The van der Waals surface area contributed by atoms with E-state index in [1.54, 1.807) is 0 Å². The maximum Gasteiger partial charge on any atom is 0.417 e. The molecule has 0 aliphatic heterocycles. The van der Waals surface area contributed by atoms with Crippen LogP contribution in [0.15, 0.2) is 78.9 Å². The van der Waals surface area contributed by atoms with Crippen molar-refractivity contribution in [2.75, 3.05) is 0 Å². The standard InChI is InChI=1S/C28H13F13/c29-16-10-7-14(8-11-16)23-18(4-2-5-21(23)26(33,34)35)19-13-15(9-12-20(19)25(30,31)32)17-3-1-6-22(27(36,37)38)24(17)28(39,40)41/h1-13H. The molecule has 0 saturated heterocycles. The Morgan fingerprint density at radius 2 is 0.878 bits per heavy atom. The second-order valence-electron chi connectivity index (χ2n) is 8.71. The van der Waals surface area contributed by atoms with Gasteiger partial charge >= 0.3 is 24.7 Å². The van der Waals surface area contributed by atoms with Crippen LogP contribution in [0.2, 0.25) is 0 Å². The maximum atomic E-state index is 14.1. The second kappa shape index (κ2) is 10.1. The van der Waals surface area contributed by atoms with Gasteiger partial charge in [0.1, 0.15) is 5.82 Å². The molecule has 0 aliphatic rings. The van der Waals surface area contributed by atoms with Crippen molar-refractivity contribution in [2.45, 2.75) is 24.7 Å². The van der Waals surface area contributed by atoms with E-state index in [2.05, 4.69) is 0 Å². The molecule has 0 aromatic heterocycles. The Hall–Kier alpha value is -4.03. The number of rotatable bonds is 3. The minimum atomic E-state index is -5.61. The summed E-state index contributed by atoms with van der Waals surface area (Å²) >= 11 is 0. The largest absolute Gasteiger partial charge is 0.417 e. The third-order valence-corrected chi connectivity index (χ3v) is 6.08. The molecule has 0 heterocycles. The van der Waals surface area contributed by atoms with Crippen molar-refractivity contribution >= 4 is 0 Å². The number of hydrogen-bond donors (Lipinski definition) is 0. The summed E-state index contributed by atoms with van der Waals surface area (Å²) in [5, 5.41) is 0. The molecular weight excluding hydrogens is 583 g/mol. The topological polar surface area (TPSA) is 0 Å². The lowest BCUT2D eigenvalue weighted by atomic mass is 9.85. The SMILES string of the molecule is Fc1ccc(-c2c(-c3cc(-c4cccc(C(F)(F)F)c4C(F)(F)F)ccc3C(F)(F)F)cccc2C(F)(F)F)cc1. The van der Waals surface area contributed by atoms with Gasteiger partial charge in [-0.15, -0.1) is 0 Å². The van der Waals surface area contributed by atoms with Crippen molar-refractivity contribution in [3.8, 4) is 33.4 Å². The first-order chi connectivity index (χ1) is 18.8. The van der Waals surface area contributed by atoms with E-state index in [1.807, 2.05) is 0 Å². The highest BCUT2D eigenvalue weighted by molar-refractivity contribution is 5.89. The molecule has 0 bridgehead atoms. The van der Waals surface area contributed by atoms with Gasteiger partial charge in [0.05, 0.1) is 22.3 Å². The second-order valence-corrected chi connectivity index (χ2v) is 8.71. The lowest BCUT2D eigenvalue weighted by Gasteiger charge is -2.22. The first-order valence-corrected chi connectivity index (χ1v) is 11.3. The summed E-state index contributed by atoms with van der Waals surface area (Å²) in [6.45, 7) is 0. The normalized spacial score (nSPS) is 13.0. The first-order valence-electron chi connectivity index (χ1n) is 11.3. The lowest BCUT2D eigenvalue weighted by molar-refractivity contribution is -0.161. The molecule has 0 saturated carbocycles. The highest BCUT2D eigenvalue weighted by Gasteiger charge is 2.45. The molecule has 0 aliphatic carbocycles. The zero-order chi connectivity index (χ0) is 30.5. The Kier molecular flexibility index (Phi) is 7.38. The molecule has 13 heteroatoms. The fraction of sp³-hybridized carbons (Fsp3) is 0.143. The third-order valence-electron chi connectivity index (χ3n) is 6.08. The molecule has 0 fully saturated rings. The molecular formula is C28H13F13. The Labute approximate surface area is 222 Å². The summed E-state index contributed by atoms with van der Waals surface area (Å²) in [5.74, 6) is -0.873. The van der Waals surface area contributed by atoms with E-state index in [-0.39, 0.29) is 17.7 Å². The van der Waals surface area contributed by atoms with Crippen LogP contribution in [0.1, 0.15) is 22.3 Å². The first kappa shape index (κ1) is 29.9. The quantitative estimate of drug-likeness (QED) is 0.207. The van der Waals surface area contributed by atoms with E-state index in [4.69, 9.17) is 0 Å². The third kappa shape index (κ3) is 6.03. The Balaban J connectivity index is 2.13. The summed E-state index contributed by atoms with van der Waals surface area (Å²) in [7, 11) is 0. The predicted molar refractivity (Wildman–Crippen MR) is 123 cm³/mol. The van der Waals surface area contributed by atoms with E-state index in [0.717, 1.165) is 36.4 Å². The van der Waals surface area contributed by atoms with Crippen LogP contribution in [-0.2, 0) is 24.7 Å². The molecule has 0 nitrogen and oxygen atoms in total. The molecule has 4 aromatic rings. The van der Waals surface area contributed by atoms with Crippen LogP contribution < -0.4 is 0 Å². The van der Waals surface area contributed by atoms with Gasteiger partial charge in [0, 0.05) is 5.56 Å². The predicted octanol–water partition coefficient (Wildman–Crippen LogP) is 10.9. The molecule has 41 heavy (non-hydrogen) atoms. The number of alkyl halides is 12. The molecule has 0 N–H and O–H groups in total. The Bertz CT molecular complexity index is 1570. The Morgan fingerprint density at radius 3 is 1.39 bits per heavy atom. The molecule has 0 unspecified atom stereocenters. The molecule has 0 radical (unpaired) electrons. The lowest BCUT2D eigenvalue weighted by Crippen LogP contribution is -2.18. The van der Waals surface area contributed by atoms with E-state index < -0.39 is 80.6 Å². The van der Waals surface area contributed by atoms with Gasteiger partial charge in [0.15, 0.2) is 0 Å². The zero-order valence-electron chi connectivity index (χ0n) is 19.9. The van der Waals surface area contributed by atoms with Crippen LogP contribution in [-0.4, -0.2) is 0 Å². The summed E-state index contributed by atoms with van der Waals surface area (Å²) in [4.78, 5) is 0. The average Bonchev–Trinajstić information content (AvgIpc) is 2.86. The molecule has 4 aromatic carbocycles. The highest BCUT2D eigenvalue weighted by atomic mass is 19.4. The number of benzene rings is 4. The van der Waals surface area contributed by atoms with E-state index in [9.17, 15) is 57.1 Å². The van der Waals surface area contributed by atoms with Crippen molar-refractivity contribution in [2.24, 2.45) is 0 Å². The fourth-order valence-electron chi connectivity index (χ4n) is 4.46. The minimum Gasteiger partial charge on any atom is -0.207 e. The summed E-state index contributed by atoms with van der Waals surface area (Å²) in [6.07, 6.45) is -21.5. The monoisotopic (exact) mass is 596 g/mol. The van der Waals surface area contributed by atoms with Crippen LogP contribution in [0.3, 0.4) is 0 Å².